The molecule has 1 aliphatic rings. The molecule has 6 heteroatoms. The summed E-state index contributed by atoms with van der Waals surface area (Å²) in [4.78, 5) is 6.04. The van der Waals surface area contributed by atoms with Crippen LogP contribution in [-0.4, -0.2) is 36.5 Å². The van der Waals surface area contributed by atoms with Gasteiger partial charge in [-0.25, -0.2) is 0 Å². The third kappa shape index (κ3) is 6.53. The average Bonchev–Trinajstić information content (AvgIpc) is 3.70. The van der Waals surface area contributed by atoms with Crippen LogP contribution in [0.25, 0.3) is 27.7 Å². The molecule has 1 aliphatic heterocycles. The smallest absolute Gasteiger partial charge is 0.141 e. The number of hydrogen-bond donors (Lipinski definition) is 0. The summed E-state index contributed by atoms with van der Waals surface area (Å²) in [6.45, 7) is 4.00. The molecule has 0 radical (unpaired) electrons. The number of hydrogen-bond acceptors (Lipinski definition) is 5. The number of likely N-dealkylation sites (N-methyl/N-ethyl adjacent to an activating group) is 1. The van der Waals surface area contributed by atoms with Crippen LogP contribution >= 0.6 is 35.3 Å². The molecule has 2 heterocycles. The lowest BCUT2D eigenvalue weighted by Gasteiger charge is -2.19. The molecule has 0 aliphatic carbocycles. The van der Waals surface area contributed by atoms with E-state index < -0.39 is 0 Å². The minimum absolute atomic E-state index is 0.830. The Morgan fingerprint density at radius 3 is 1.73 bits per heavy atom. The van der Waals surface area contributed by atoms with Gasteiger partial charge in [-0.2, -0.15) is 0 Å². The van der Waals surface area contributed by atoms with Gasteiger partial charge < -0.3 is 14.4 Å². The summed E-state index contributed by atoms with van der Waals surface area (Å²) in [5.74, 6) is 1.66. The van der Waals surface area contributed by atoms with Crippen LogP contribution in [0.4, 0.5) is 0 Å². The lowest BCUT2D eigenvalue weighted by Crippen LogP contribution is -2.21. The quantitative estimate of drug-likeness (QED) is 0.119. The minimum Gasteiger partial charge on any atom is -0.497 e. The zero-order valence-electron chi connectivity index (χ0n) is 24.9. The Morgan fingerprint density at radius 1 is 0.705 bits per heavy atom. The number of thiocarbonyl (C=S) groups is 1. The third-order valence-electron chi connectivity index (χ3n) is 7.66. The van der Waals surface area contributed by atoms with E-state index in [0.717, 1.165) is 56.7 Å². The Bertz CT molecular complexity index is 1750. The molecule has 0 bridgehead atoms. The maximum atomic E-state index is 5.52. The Labute approximate surface area is 273 Å². The van der Waals surface area contributed by atoms with Gasteiger partial charge in [0.25, 0.3) is 0 Å². The van der Waals surface area contributed by atoms with Crippen LogP contribution in [-0.2, 0) is 0 Å². The predicted octanol–water partition coefficient (Wildman–Crippen LogP) is 10.1. The maximum absolute atomic E-state index is 5.52. The molecule has 44 heavy (non-hydrogen) atoms. The van der Waals surface area contributed by atoms with Crippen LogP contribution in [0.2, 0.25) is 0 Å². The van der Waals surface area contributed by atoms with Crippen molar-refractivity contribution in [1.29, 1.82) is 0 Å². The molecule has 0 N–H and O–H groups in total. The van der Waals surface area contributed by atoms with Crippen LogP contribution in [0.5, 0.6) is 11.5 Å². The van der Waals surface area contributed by atoms with E-state index in [0.29, 0.717) is 0 Å². The zero-order chi connectivity index (χ0) is 30.5. The highest BCUT2D eigenvalue weighted by Gasteiger charge is 2.21. The first kappa shape index (κ1) is 29.9. The van der Waals surface area contributed by atoms with Gasteiger partial charge in [0.15, 0.2) is 0 Å². The van der Waals surface area contributed by atoms with Crippen molar-refractivity contribution in [2.45, 2.75) is 6.92 Å². The molecule has 0 atom stereocenters. The highest BCUT2D eigenvalue weighted by molar-refractivity contribution is 8.25. The summed E-state index contributed by atoms with van der Waals surface area (Å²) in [5, 5.41) is 0. The van der Waals surface area contributed by atoms with Gasteiger partial charge in [-0.15, -0.1) is 11.3 Å². The lowest BCUT2D eigenvalue weighted by molar-refractivity contribution is 0.414. The van der Waals surface area contributed by atoms with Crippen molar-refractivity contribution < 1.29 is 9.47 Å². The van der Waals surface area contributed by atoms with Crippen molar-refractivity contribution in [1.82, 2.24) is 4.90 Å². The fourth-order valence-corrected chi connectivity index (χ4v) is 7.88. The van der Waals surface area contributed by atoms with Crippen molar-refractivity contribution in [2.24, 2.45) is 0 Å². The Hall–Kier alpha value is -4.10. The fourth-order valence-electron chi connectivity index (χ4n) is 5.35. The summed E-state index contributed by atoms with van der Waals surface area (Å²) >= 11 is 9.05. The second-order valence-electron chi connectivity index (χ2n) is 10.3. The monoisotopic (exact) mass is 631 g/mol. The summed E-state index contributed by atoms with van der Waals surface area (Å²) in [6, 6.07) is 40.6. The van der Waals surface area contributed by atoms with E-state index in [-0.39, 0.29) is 0 Å². The molecular weight excluding hydrogens is 599 g/mol. The number of rotatable bonds is 9. The topological polar surface area (TPSA) is 21.7 Å². The van der Waals surface area contributed by atoms with Gasteiger partial charge in [0, 0.05) is 21.2 Å². The molecule has 1 saturated heterocycles. The van der Waals surface area contributed by atoms with E-state index in [1.165, 1.54) is 25.8 Å². The standard InChI is InChI=1S/C38H33NO2S3/c1-4-39-25-34(44-38(39)42)24-33-22-23-35(43-33)26-10-12-28(13-11-26)36(27-8-6-5-7-9-27)37(29-14-18-31(40-2)19-15-29)30-16-20-32(41-3)21-17-30/h5-24H,4,25H2,1-3H3. The van der Waals surface area contributed by atoms with Crippen molar-refractivity contribution in [3.8, 4) is 21.9 Å². The Balaban J connectivity index is 1.42. The van der Waals surface area contributed by atoms with Crippen LogP contribution < -0.4 is 9.47 Å². The highest BCUT2D eigenvalue weighted by Crippen LogP contribution is 2.39. The first-order valence-corrected chi connectivity index (χ1v) is 16.6. The van der Waals surface area contributed by atoms with E-state index in [4.69, 9.17) is 21.7 Å². The van der Waals surface area contributed by atoms with Crippen LogP contribution in [0.1, 0.15) is 34.1 Å². The van der Waals surface area contributed by atoms with Crippen molar-refractivity contribution in [3.05, 3.63) is 147 Å². The van der Waals surface area contributed by atoms with Crippen LogP contribution in [0.15, 0.2) is 120 Å². The molecule has 220 valence electrons. The molecule has 6 rings (SSSR count). The lowest BCUT2D eigenvalue weighted by atomic mass is 9.85. The molecule has 0 unspecified atom stereocenters. The van der Waals surface area contributed by atoms with Crippen LogP contribution in [0, 0.1) is 0 Å². The number of thiophene rings is 1. The van der Waals surface area contributed by atoms with E-state index in [1.54, 1.807) is 26.0 Å². The van der Waals surface area contributed by atoms with Crippen LogP contribution in [0.3, 0.4) is 0 Å². The zero-order valence-corrected chi connectivity index (χ0v) is 27.4. The van der Waals surface area contributed by atoms with E-state index in [1.807, 2.05) is 35.6 Å². The third-order valence-corrected chi connectivity index (χ3v) is 10.2. The SMILES string of the molecule is CCN1CC(=Cc2ccc(-c3ccc(C(=C(c4ccc(OC)cc4)c4ccc(OC)cc4)c4ccccc4)cc3)s2)SC1=S. The molecular formula is C38H33NO2S3. The van der Waals surface area contributed by atoms with Gasteiger partial charge in [0.2, 0.25) is 0 Å². The van der Waals surface area contributed by atoms with Crippen molar-refractivity contribution in [3.63, 3.8) is 0 Å². The number of benzene rings is 4. The number of thioether (sulfide) groups is 1. The van der Waals surface area contributed by atoms with E-state index in [9.17, 15) is 0 Å². The van der Waals surface area contributed by atoms with E-state index in [2.05, 4.69) is 109 Å². The maximum Gasteiger partial charge on any atom is 0.141 e. The first-order valence-electron chi connectivity index (χ1n) is 14.5. The molecule has 5 aromatic rings. The Morgan fingerprint density at radius 2 is 1.23 bits per heavy atom. The van der Waals surface area contributed by atoms with Gasteiger partial charge in [-0.3, -0.25) is 0 Å². The second-order valence-corrected chi connectivity index (χ2v) is 13.2. The first-order chi connectivity index (χ1) is 21.6. The fraction of sp³-hybridized carbons (Fsp3) is 0.132. The molecule has 0 spiro atoms. The Kier molecular flexibility index (Phi) is 9.31. The molecule has 0 amide bonds. The van der Waals surface area contributed by atoms with Gasteiger partial charge >= 0.3 is 0 Å². The molecule has 1 fully saturated rings. The molecule has 4 aromatic carbocycles. The van der Waals surface area contributed by atoms with Crippen molar-refractivity contribution >= 4 is 56.9 Å². The van der Waals surface area contributed by atoms with Crippen molar-refractivity contribution in [2.75, 3.05) is 27.3 Å². The molecule has 0 saturated carbocycles. The molecule has 1 aromatic heterocycles. The summed E-state index contributed by atoms with van der Waals surface area (Å²) < 4.78 is 11.9. The van der Waals surface area contributed by atoms with Gasteiger partial charge in [0.05, 0.1) is 20.8 Å². The summed E-state index contributed by atoms with van der Waals surface area (Å²) in [7, 11) is 3.39. The van der Waals surface area contributed by atoms with E-state index >= 15 is 0 Å². The second kappa shape index (κ2) is 13.7. The minimum atomic E-state index is 0.830. The normalized spacial score (nSPS) is 13.8. The average molecular weight is 632 g/mol. The van der Waals surface area contributed by atoms with Gasteiger partial charge in [-0.05, 0) is 88.4 Å². The summed E-state index contributed by atoms with van der Waals surface area (Å²) in [5.41, 5.74) is 8.04. The summed E-state index contributed by atoms with van der Waals surface area (Å²) in [6.07, 6.45) is 2.28. The molecule has 3 nitrogen and oxygen atoms in total. The van der Waals surface area contributed by atoms with Gasteiger partial charge in [-0.1, -0.05) is 103 Å². The largest absolute Gasteiger partial charge is 0.497 e. The number of ether oxygens (including phenoxy) is 2. The predicted molar refractivity (Wildman–Crippen MR) is 193 cm³/mol. The number of nitrogens with zero attached hydrogens (tertiary/aromatic N) is 1. The van der Waals surface area contributed by atoms with Gasteiger partial charge in [0.1, 0.15) is 15.8 Å². The highest BCUT2D eigenvalue weighted by atomic mass is 32.2. The number of methoxy groups -OCH3 is 2.